The largest absolute Gasteiger partial charge is 0.285 e. The molecule has 0 aliphatic carbocycles. The molecule has 2 aromatic carbocycles. The van der Waals surface area contributed by atoms with Crippen LogP contribution in [0, 0.1) is 5.82 Å². The van der Waals surface area contributed by atoms with Gasteiger partial charge in [0.25, 0.3) is 0 Å². The maximum Gasteiger partial charge on any atom is 0.230 e. The van der Waals surface area contributed by atoms with E-state index in [4.69, 9.17) is 0 Å². The van der Waals surface area contributed by atoms with Crippen molar-refractivity contribution in [3.05, 3.63) is 71.4 Å². The second kappa shape index (κ2) is 5.40. The molecule has 0 unspecified atom stereocenters. The third-order valence-corrected chi connectivity index (χ3v) is 3.33. The Kier molecular flexibility index (Phi) is 3.44. The van der Waals surface area contributed by atoms with E-state index in [9.17, 15) is 9.18 Å². The summed E-state index contributed by atoms with van der Waals surface area (Å²) < 4.78 is 12.9. The van der Waals surface area contributed by atoms with Gasteiger partial charge in [0.05, 0.1) is 11.2 Å². The summed E-state index contributed by atoms with van der Waals surface area (Å²) >= 11 is 0. The van der Waals surface area contributed by atoms with Crippen molar-refractivity contribution in [3.63, 3.8) is 0 Å². The highest BCUT2D eigenvalue weighted by molar-refractivity contribution is 6.07. The first kappa shape index (κ1) is 13.4. The van der Waals surface area contributed by atoms with Gasteiger partial charge in [-0.1, -0.05) is 25.1 Å². The number of rotatable bonds is 3. The standard InChI is InChI=1S/C17H13FN2O/c1-2-14-13-5-3-4-6-15(13)20-17(19-14)16(21)11-7-9-12(18)10-8-11/h3-10H,2H2,1H3. The molecule has 0 spiro atoms. The Labute approximate surface area is 121 Å². The van der Waals surface area contributed by atoms with Gasteiger partial charge in [0.15, 0.2) is 0 Å². The van der Waals surface area contributed by atoms with E-state index in [1.54, 1.807) is 0 Å². The highest BCUT2D eigenvalue weighted by Crippen LogP contribution is 2.17. The van der Waals surface area contributed by atoms with Crippen LogP contribution in [0.5, 0.6) is 0 Å². The molecule has 104 valence electrons. The molecule has 0 N–H and O–H groups in total. The molecule has 3 rings (SSSR count). The van der Waals surface area contributed by atoms with Crippen LogP contribution < -0.4 is 0 Å². The fraction of sp³-hybridized carbons (Fsp3) is 0.118. The Morgan fingerprint density at radius 2 is 1.76 bits per heavy atom. The summed E-state index contributed by atoms with van der Waals surface area (Å²) in [6, 6.07) is 13.0. The molecule has 0 saturated heterocycles. The lowest BCUT2D eigenvalue weighted by Gasteiger charge is -2.06. The van der Waals surface area contributed by atoms with Gasteiger partial charge in [0, 0.05) is 10.9 Å². The SMILES string of the molecule is CCc1nc(C(=O)c2ccc(F)cc2)nc2ccccc12. The van der Waals surface area contributed by atoms with E-state index in [1.807, 2.05) is 31.2 Å². The summed E-state index contributed by atoms with van der Waals surface area (Å²) in [6.07, 6.45) is 0.715. The molecule has 0 atom stereocenters. The van der Waals surface area contributed by atoms with Gasteiger partial charge in [0.2, 0.25) is 11.6 Å². The molecule has 0 aliphatic rings. The minimum atomic E-state index is -0.375. The number of aromatic nitrogens is 2. The van der Waals surface area contributed by atoms with Crippen LogP contribution in [-0.2, 0) is 6.42 Å². The number of ketones is 1. The number of hydrogen-bond acceptors (Lipinski definition) is 3. The number of carbonyl (C=O) groups excluding carboxylic acids is 1. The highest BCUT2D eigenvalue weighted by atomic mass is 19.1. The van der Waals surface area contributed by atoms with Crippen LogP contribution in [0.2, 0.25) is 0 Å². The molecule has 0 amide bonds. The van der Waals surface area contributed by atoms with Gasteiger partial charge in [-0.3, -0.25) is 4.79 Å². The number of benzene rings is 2. The quantitative estimate of drug-likeness (QED) is 0.689. The molecule has 1 aromatic heterocycles. The molecular formula is C17H13FN2O. The molecule has 0 fully saturated rings. The zero-order valence-corrected chi connectivity index (χ0v) is 11.5. The van der Waals surface area contributed by atoms with E-state index in [2.05, 4.69) is 9.97 Å². The van der Waals surface area contributed by atoms with Gasteiger partial charge in [-0.2, -0.15) is 0 Å². The fourth-order valence-corrected chi connectivity index (χ4v) is 2.24. The van der Waals surface area contributed by atoms with Crippen molar-refractivity contribution in [2.45, 2.75) is 13.3 Å². The molecule has 0 radical (unpaired) electrons. The zero-order valence-electron chi connectivity index (χ0n) is 11.5. The van der Waals surface area contributed by atoms with Crippen molar-refractivity contribution in [3.8, 4) is 0 Å². The monoisotopic (exact) mass is 280 g/mol. The van der Waals surface area contributed by atoms with Gasteiger partial charge < -0.3 is 0 Å². The maximum absolute atomic E-state index is 12.9. The molecule has 0 aliphatic heterocycles. The Hall–Kier alpha value is -2.62. The minimum Gasteiger partial charge on any atom is -0.285 e. The molecule has 3 aromatic rings. The Bertz CT molecular complexity index is 813. The van der Waals surface area contributed by atoms with Crippen LogP contribution in [-0.4, -0.2) is 15.8 Å². The molecule has 0 bridgehead atoms. The van der Waals surface area contributed by atoms with Crippen LogP contribution in [0.3, 0.4) is 0 Å². The van der Waals surface area contributed by atoms with E-state index in [-0.39, 0.29) is 17.4 Å². The van der Waals surface area contributed by atoms with Crippen molar-refractivity contribution in [1.82, 2.24) is 9.97 Å². The van der Waals surface area contributed by atoms with Crippen molar-refractivity contribution in [1.29, 1.82) is 0 Å². The van der Waals surface area contributed by atoms with Crippen LogP contribution in [0.15, 0.2) is 48.5 Å². The van der Waals surface area contributed by atoms with Crippen molar-refractivity contribution < 1.29 is 9.18 Å². The second-order valence-corrected chi connectivity index (χ2v) is 4.70. The fourth-order valence-electron chi connectivity index (χ4n) is 2.24. The van der Waals surface area contributed by atoms with Gasteiger partial charge >= 0.3 is 0 Å². The van der Waals surface area contributed by atoms with Crippen LogP contribution in [0.25, 0.3) is 10.9 Å². The highest BCUT2D eigenvalue weighted by Gasteiger charge is 2.15. The van der Waals surface area contributed by atoms with E-state index < -0.39 is 0 Å². The molecule has 4 heteroatoms. The van der Waals surface area contributed by atoms with Gasteiger partial charge in [-0.05, 0) is 36.8 Å². The number of fused-ring (bicyclic) bond motifs is 1. The molecule has 1 heterocycles. The van der Waals surface area contributed by atoms with Gasteiger partial charge in [-0.15, -0.1) is 0 Å². The summed E-state index contributed by atoms with van der Waals surface area (Å²) in [5.41, 5.74) is 1.97. The number of carbonyl (C=O) groups is 1. The lowest BCUT2D eigenvalue weighted by atomic mass is 10.1. The predicted octanol–water partition coefficient (Wildman–Crippen LogP) is 3.56. The van der Waals surface area contributed by atoms with Crippen LogP contribution in [0.1, 0.15) is 28.8 Å². The van der Waals surface area contributed by atoms with E-state index in [0.717, 1.165) is 16.6 Å². The number of hydrogen-bond donors (Lipinski definition) is 0. The molecular weight excluding hydrogens is 267 g/mol. The van der Waals surface area contributed by atoms with Crippen molar-refractivity contribution in [2.24, 2.45) is 0 Å². The minimum absolute atomic E-state index is 0.150. The number of para-hydroxylation sites is 1. The first-order chi connectivity index (χ1) is 10.2. The molecule has 3 nitrogen and oxygen atoms in total. The topological polar surface area (TPSA) is 42.9 Å². The molecule has 21 heavy (non-hydrogen) atoms. The Morgan fingerprint density at radius 3 is 2.48 bits per heavy atom. The normalized spacial score (nSPS) is 10.8. The smallest absolute Gasteiger partial charge is 0.230 e. The summed E-state index contributed by atoms with van der Waals surface area (Å²) in [5, 5.41) is 0.954. The van der Waals surface area contributed by atoms with Gasteiger partial charge in [-0.25, -0.2) is 14.4 Å². The Morgan fingerprint density at radius 1 is 1.05 bits per heavy atom. The summed E-state index contributed by atoms with van der Waals surface area (Å²) in [6.45, 7) is 1.99. The van der Waals surface area contributed by atoms with Crippen LogP contribution in [0.4, 0.5) is 4.39 Å². The second-order valence-electron chi connectivity index (χ2n) is 4.70. The molecule has 0 saturated carbocycles. The maximum atomic E-state index is 12.9. The average molecular weight is 280 g/mol. The average Bonchev–Trinajstić information content (AvgIpc) is 2.53. The van der Waals surface area contributed by atoms with E-state index >= 15 is 0 Å². The first-order valence-corrected chi connectivity index (χ1v) is 6.75. The van der Waals surface area contributed by atoms with Crippen molar-refractivity contribution >= 4 is 16.7 Å². The zero-order chi connectivity index (χ0) is 14.8. The Balaban J connectivity index is 2.11. The number of halogens is 1. The lowest BCUT2D eigenvalue weighted by molar-refractivity contribution is 0.102. The number of nitrogens with zero attached hydrogens (tertiary/aromatic N) is 2. The summed E-state index contributed by atoms with van der Waals surface area (Å²) in [7, 11) is 0. The predicted molar refractivity (Wildman–Crippen MR) is 78.7 cm³/mol. The third-order valence-electron chi connectivity index (χ3n) is 3.33. The first-order valence-electron chi connectivity index (χ1n) is 6.75. The van der Waals surface area contributed by atoms with Crippen molar-refractivity contribution in [2.75, 3.05) is 0 Å². The van der Waals surface area contributed by atoms with E-state index in [1.165, 1.54) is 24.3 Å². The van der Waals surface area contributed by atoms with Crippen LogP contribution >= 0.6 is 0 Å². The third kappa shape index (κ3) is 2.52. The van der Waals surface area contributed by atoms with E-state index in [0.29, 0.717) is 12.0 Å². The number of aryl methyl sites for hydroxylation is 1. The van der Waals surface area contributed by atoms with Gasteiger partial charge in [0.1, 0.15) is 5.82 Å². The lowest BCUT2D eigenvalue weighted by Crippen LogP contribution is -2.09. The summed E-state index contributed by atoms with van der Waals surface area (Å²) in [5.74, 6) is -0.521. The summed E-state index contributed by atoms with van der Waals surface area (Å²) in [4.78, 5) is 21.1.